The summed E-state index contributed by atoms with van der Waals surface area (Å²) in [6.45, 7) is 5.54. The summed E-state index contributed by atoms with van der Waals surface area (Å²) in [6.07, 6.45) is 0.687. The fraction of sp³-hybridized carbons (Fsp3) is 0.348. The molecule has 2 amide bonds. The molecule has 0 fully saturated rings. The maximum atomic E-state index is 12.4. The first kappa shape index (κ1) is 21.4. The van der Waals surface area contributed by atoms with E-state index in [4.69, 9.17) is 14.2 Å². The van der Waals surface area contributed by atoms with Crippen LogP contribution in [-0.2, 0) is 13.5 Å². The Kier molecular flexibility index (Phi) is 7.06. The second kappa shape index (κ2) is 9.91. The molecule has 160 valence electrons. The molecule has 2 aromatic carbocycles. The highest BCUT2D eigenvalue weighted by atomic mass is 16.5. The Morgan fingerprint density at radius 3 is 2.50 bits per heavy atom. The summed E-state index contributed by atoms with van der Waals surface area (Å²) in [5.74, 6) is 2.96. The molecule has 7 nitrogen and oxygen atoms in total. The number of anilines is 1. The lowest BCUT2D eigenvalue weighted by molar-refractivity contribution is 0.252. The number of hydrogen-bond acceptors (Lipinski definition) is 4. The molecule has 0 saturated heterocycles. The number of nitrogens with one attached hydrogen (secondary N) is 2. The predicted octanol–water partition coefficient (Wildman–Crippen LogP) is 4.35. The van der Waals surface area contributed by atoms with Crippen molar-refractivity contribution in [1.82, 2.24) is 9.88 Å². The van der Waals surface area contributed by atoms with Gasteiger partial charge in [0.25, 0.3) is 0 Å². The number of benzene rings is 2. The van der Waals surface area contributed by atoms with Crippen LogP contribution in [0, 0.1) is 0 Å². The molecule has 0 bridgehead atoms. The quantitative estimate of drug-likeness (QED) is 0.549. The van der Waals surface area contributed by atoms with Crippen LogP contribution in [0.5, 0.6) is 17.2 Å². The molecule has 0 aliphatic rings. The number of amides is 2. The normalized spacial score (nSPS) is 10.7. The van der Waals surface area contributed by atoms with Crippen LogP contribution in [0.4, 0.5) is 10.6 Å². The topological polar surface area (TPSA) is 73.8 Å². The van der Waals surface area contributed by atoms with Crippen LogP contribution >= 0.6 is 0 Å². The lowest BCUT2D eigenvalue weighted by Gasteiger charge is -2.13. The van der Waals surface area contributed by atoms with Crippen molar-refractivity contribution in [1.29, 1.82) is 0 Å². The number of fused-ring (bicyclic) bond motifs is 1. The van der Waals surface area contributed by atoms with Crippen molar-refractivity contribution in [2.24, 2.45) is 7.05 Å². The van der Waals surface area contributed by atoms with E-state index < -0.39 is 0 Å². The summed E-state index contributed by atoms with van der Waals surface area (Å²) >= 11 is 0. The van der Waals surface area contributed by atoms with Gasteiger partial charge in [0.05, 0.1) is 25.8 Å². The zero-order valence-electron chi connectivity index (χ0n) is 18.0. The highest BCUT2D eigenvalue weighted by Gasteiger charge is 2.10. The van der Waals surface area contributed by atoms with Gasteiger partial charge in [-0.3, -0.25) is 5.32 Å². The van der Waals surface area contributed by atoms with Gasteiger partial charge in [0, 0.05) is 25.0 Å². The molecule has 0 atom stereocenters. The Balaban J connectivity index is 1.58. The molecule has 0 aliphatic carbocycles. The van der Waals surface area contributed by atoms with Gasteiger partial charge in [-0.25, -0.2) is 4.79 Å². The van der Waals surface area contributed by atoms with Gasteiger partial charge in [0.2, 0.25) is 0 Å². The number of rotatable bonds is 9. The standard InChI is InChI=1S/C23H29N3O4/c1-5-29-20-10-7-16(13-21(20)30-6-2)11-12-24-23(27)25-22-14-17-8-9-18(28-4)15-19(17)26(22)3/h7-10,13-15H,5-6,11-12H2,1-4H3,(H2,24,25,27). The molecule has 1 aromatic heterocycles. The van der Waals surface area contributed by atoms with Crippen molar-refractivity contribution in [3.8, 4) is 17.2 Å². The van der Waals surface area contributed by atoms with Crippen LogP contribution in [0.15, 0.2) is 42.5 Å². The summed E-state index contributed by atoms with van der Waals surface area (Å²) in [5, 5.41) is 6.85. The van der Waals surface area contributed by atoms with Gasteiger partial charge in [-0.2, -0.15) is 0 Å². The maximum absolute atomic E-state index is 12.4. The van der Waals surface area contributed by atoms with Gasteiger partial charge < -0.3 is 24.1 Å². The van der Waals surface area contributed by atoms with Crippen LogP contribution in [0.2, 0.25) is 0 Å². The third-order valence-electron chi connectivity index (χ3n) is 4.80. The monoisotopic (exact) mass is 411 g/mol. The molecule has 0 aliphatic heterocycles. The van der Waals surface area contributed by atoms with Gasteiger partial charge in [0.1, 0.15) is 11.6 Å². The minimum absolute atomic E-state index is 0.246. The lowest BCUT2D eigenvalue weighted by Crippen LogP contribution is -2.31. The zero-order chi connectivity index (χ0) is 21.5. The van der Waals surface area contributed by atoms with E-state index in [2.05, 4.69) is 10.6 Å². The van der Waals surface area contributed by atoms with Crippen molar-refractivity contribution >= 4 is 22.8 Å². The Morgan fingerprint density at radius 1 is 1.00 bits per heavy atom. The summed E-state index contributed by atoms with van der Waals surface area (Å²) in [5.41, 5.74) is 2.06. The molecule has 7 heteroatoms. The number of methoxy groups -OCH3 is 1. The number of nitrogens with zero attached hydrogens (tertiary/aromatic N) is 1. The molecular weight excluding hydrogens is 382 g/mol. The van der Waals surface area contributed by atoms with Crippen LogP contribution in [-0.4, -0.2) is 37.5 Å². The molecule has 30 heavy (non-hydrogen) atoms. The fourth-order valence-corrected chi connectivity index (χ4v) is 3.29. The summed E-state index contributed by atoms with van der Waals surface area (Å²) in [4.78, 5) is 12.4. The van der Waals surface area contributed by atoms with Crippen molar-refractivity contribution in [2.45, 2.75) is 20.3 Å². The van der Waals surface area contributed by atoms with E-state index in [-0.39, 0.29) is 6.03 Å². The molecule has 0 radical (unpaired) electrons. The average molecular weight is 412 g/mol. The SMILES string of the molecule is CCOc1ccc(CCNC(=O)Nc2cc3ccc(OC)cc3n2C)cc1OCC. The lowest BCUT2D eigenvalue weighted by atomic mass is 10.1. The number of ether oxygens (including phenoxy) is 3. The van der Waals surface area contributed by atoms with E-state index in [1.54, 1.807) is 7.11 Å². The highest BCUT2D eigenvalue weighted by molar-refractivity contribution is 5.94. The van der Waals surface area contributed by atoms with Crippen LogP contribution in [0.1, 0.15) is 19.4 Å². The molecule has 3 rings (SSSR count). The van der Waals surface area contributed by atoms with Gasteiger partial charge in [-0.15, -0.1) is 0 Å². The Labute approximate surface area is 176 Å². The minimum atomic E-state index is -0.246. The van der Waals surface area contributed by atoms with Gasteiger partial charge in [-0.05, 0) is 56.2 Å². The summed E-state index contributed by atoms with van der Waals surface area (Å²) in [7, 11) is 3.55. The van der Waals surface area contributed by atoms with E-state index in [0.717, 1.165) is 39.5 Å². The average Bonchev–Trinajstić information content (AvgIpc) is 3.05. The molecule has 0 spiro atoms. The van der Waals surface area contributed by atoms with Crippen LogP contribution in [0.25, 0.3) is 10.9 Å². The number of carbonyl (C=O) groups is 1. The van der Waals surface area contributed by atoms with E-state index in [1.165, 1.54) is 0 Å². The second-order valence-corrected chi connectivity index (χ2v) is 6.79. The minimum Gasteiger partial charge on any atom is -0.497 e. The van der Waals surface area contributed by atoms with Crippen molar-refractivity contribution in [3.05, 3.63) is 48.0 Å². The van der Waals surface area contributed by atoms with Crippen molar-refractivity contribution < 1.29 is 19.0 Å². The second-order valence-electron chi connectivity index (χ2n) is 6.79. The van der Waals surface area contributed by atoms with Crippen LogP contribution < -0.4 is 24.8 Å². The fourth-order valence-electron chi connectivity index (χ4n) is 3.29. The molecular formula is C23H29N3O4. The van der Waals surface area contributed by atoms with Crippen molar-refractivity contribution in [3.63, 3.8) is 0 Å². The summed E-state index contributed by atoms with van der Waals surface area (Å²) in [6, 6.07) is 13.4. The van der Waals surface area contributed by atoms with E-state index in [9.17, 15) is 4.79 Å². The Morgan fingerprint density at radius 2 is 1.77 bits per heavy atom. The van der Waals surface area contributed by atoms with Gasteiger partial charge >= 0.3 is 6.03 Å². The first-order valence-corrected chi connectivity index (χ1v) is 10.1. The third-order valence-corrected chi connectivity index (χ3v) is 4.80. The number of aromatic nitrogens is 1. The number of hydrogen-bond donors (Lipinski definition) is 2. The molecule has 1 heterocycles. The van der Waals surface area contributed by atoms with Crippen molar-refractivity contribution in [2.75, 3.05) is 32.2 Å². The molecule has 3 aromatic rings. The van der Waals surface area contributed by atoms with E-state index in [1.807, 2.05) is 67.9 Å². The number of carbonyl (C=O) groups excluding carboxylic acids is 1. The molecule has 0 saturated carbocycles. The Bertz CT molecular complexity index is 1010. The Hall–Kier alpha value is -3.35. The van der Waals surface area contributed by atoms with E-state index in [0.29, 0.717) is 26.2 Å². The largest absolute Gasteiger partial charge is 0.497 e. The van der Waals surface area contributed by atoms with Gasteiger partial charge in [0.15, 0.2) is 11.5 Å². The third kappa shape index (κ3) is 4.97. The van der Waals surface area contributed by atoms with Gasteiger partial charge in [-0.1, -0.05) is 6.07 Å². The number of urea groups is 1. The smallest absolute Gasteiger partial charge is 0.320 e. The molecule has 0 unspecified atom stereocenters. The number of aryl methyl sites for hydroxylation is 1. The highest BCUT2D eigenvalue weighted by Crippen LogP contribution is 2.29. The predicted molar refractivity (Wildman–Crippen MR) is 119 cm³/mol. The zero-order valence-corrected chi connectivity index (χ0v) is 18.0. The summed E-state index contributed by atoms with van der Waals surface area (Å²) < 4.78 is 18.5. The first-order chi connectivity index (χ1) is 14.5. The maximum Gasteiger partial charge on any atom is 0.320 e. The molecule has 2 N–H and O–H groups in total. The van der Waals surface area contributed by atoms with Crippen LogP contribution in [0.3, 0.4) is 0 Å². The van der Waals surface area contributed by atoms with E-state index >= 15 is 0 Å². The first-order valence-electron chi connectivity index (χ1n) is 10.1.